The smallest absolute Gasteiger partial charge is 0.152 e. The lowest BCUT2D eigenvalue weighted by atomic mass is 10.3. The third-order valence-electron chi connectivity index (χ3n) is 0.567. The Balaban J connectivity index is 3.40. The van der Waals surface area contributed by atoms with Crippen molar-refractivity contribution in [2.45, 2.75) is 17.9 Å². The summed E-state index contributed by atoms with van der Waals surface area (Å²) in [5.41, 5.74) is 0. The zero-order valence-electron chi connectivity index (χ0n) is 3.93. The van der Waals surface area contributed by atoms with Crippen molar-refractivity contribution in [3.05, 3.63) is 0 Å². The third kappa shape index (κ3) is 2.60. The number of hydrogen-bond donors (Lipinski definition) is 1. The van der Waals surface area contributed by atoms with E-state index in [1.165, 1.54) is 0 Å². The van der Waals surface area contributed by atoms with Crippen molar-refractivity contribution in [1.29, 1.82) is 5.26 Å². The van der Waals surface area contributed by atoms with E-state index in [0.717, 1.165) is 0 Å². The average Bonchev–Trinajstić information content (AvgIpc) is 1.65. The van der Waals surface area contributed by atoms with Crippen LogP contribution in [0.5, 0.6) is 0 Å². The normalized spacial score (nSPS) is 17.4. The Morgan fingerprint density at radius 3 is 2.29 bits per heavy atom. The number of aliphatic hydroxyl groups excluding tert-OH is 1. The number of nitrogens with zero attached hydrogens (tertiary/aromatic N) is 1. The highest BCUT2D eigenvalue weighted by atomic mass is 79.9. The minimum Gasteiger partial charge on any atom is -0.377 e. The number of halogens is 1. The van der Waals surface area contributed by atoms with Crippen LogP contribution in [0.15, 0.2) is 0 Å². The van der Waals surface area contributed by atoms with Crippen LogP contribution in [0.3, 0.4) is 0 Å². The maximum Gasteiger partial charge on any atom is 0.152 e. The Kier molecular flexibility index (Phi) is 2.97. The molecule has 2 atom stereocenters. The van der Waals surface area contributed by atoms with E-state index in [1.54, 1.807) is 13.0 Å². The van der Waals surface area contributed by atoms with E-state index in [0.29, 0.717) is 0 Å². The van der Waals surface area contributed by atoms with Gasteiger partial charge in [0.2, 0.25) is 0 Å². The van der Waals surface area contributed by atoms with E-state index in [4.69, 9.17) is 10.4 Å². The van der Waals surface area contributed by atoms with Gasteiger partial charge in [-0.15, -0.1) is 0 Å². The quantitative estimate of drug-likeness (QED) is 0.456. The van der Waals surface area contributed by atoms with Crippen LogP contribution in [0.2, 0.25) is 0 Å². The first-order valence-electron chi connectivity index (χ1n) is 1.90. The fourth-order valence-corrected chi connectivity index (χ4v) is 0.221. The molecular weight excluding hydrogens is 158 g/mol. The van der Waals surface area contributed by atoms with Gasteiger partial charge < -0.3 is 5.11 Å². The van der Waals surface area contributed by atoms with Gasteiger partial charge >= 0.3 is 0 Å². The summed E-state index contributed by atoms with van der Waals surface area (Å²) in [5, 5.41) is 16.5. The standard InChI is InChI=1S/C4H6BrNO/c1-3(5)4(7)2-6/h3-4,7H,1H3/t3-,4+/m0/s1. The molecule has 0 spiro atoms. The first kappa shape index (κ1) is 6.93. The molecule has 0 aromatic rings. The second-order valence-electron chi connectivity index (χ2n) is 1.25. The fraction of sp³-hybridized carbons (Fsp3) is 0.750. The van der Waals surface area contributed by atoms with Crippen molar-refractivity contribution >= 4 is 15.9 Å². The summed E-state index contributed by atoms with van der Waals surface area (Å²) in [6.45, 7) is 1.72. The van der Waals surface area contributed by atoms with Gasteiger partial charge in [0.15, 0.2) is 6.10 Å². The van der Waals surface area contributed by atoms with Crippen LogP contribution in [0.4, 0.5) is 0 Å². The molecule has 0 aliphatic carbocycles. The lowest BCUT2D eigenvalue weighted by Crippen LogP contribution is -2.13. The predicted molar refractivity (Wildman–Crippen MR) is 30.0 cm³/mol. The number of hydrogen-bond acceptors (Lipinski definition) is 2. The summed E-state index contributed by atoms with van der Waals surface area (Å²) in [4.78, 5) is -0.127. The van der Waals surface area contributed by atoms with E-state index in [1.807, 2.05) is 0 Å². The molecule has 0 aliphatic heterocycles. The molecule has 0 heterocycles. The van der Waals surface area contributed by atoms with Gasteiger partial charge in [0.25, 0.3) is 0 Å². The number of alkyl halides is 1. The van der Waals surface area contributed by atoms with E-state index >= 15 is 0 Å². The molecule has 1 N–H and O–H groups in total. The van der Waals surface area contributed by atoms with Gasteiger partial charge in [-0.25, -0.2) is 0 Å². The van der Waals surface area contributed by atoms with Crippen molar-refractivity contribution in [3.8, 4) is 6.07 Å². The minimum atomic E-state index is -0.875. The van der Waals surface area contributed by atoms with E-state index in [2.05, 4.69) is 15.9 Å². The molecule has 0 saturated carbocycles. The van der Waals surface area contributed by atoms with Crippen LogP contribution in [-0.2, 0) is 0 Å². The Hall–Kier alpha value is -0.0700. The van der Waals surface area contributed by atoms with Crippen LogP contribution in [-0.4, -0.2) is 16.0 Å². The molecule has 0 amide bonds. The maximum absolute atomic E-state index is 8.53. The molecule has 0 aliphatic rings. The molecule has 0 aromatic carbocycles. The average molecular weight is 164 g/mol. The Bertz CT molecular complexity index is 86.2. The molecule has 0 radical (unpaired) electrons. The van der Waals surface area contributed by atoms with Crippen LogP contribution >= 0.6 is 15.9 Å². The highest BCUT2D eigenvalue weighted by molar-refractivity contribution is 9.09. The molecule has 0 aromatic heterocycles. The summed E-state index contributed by atoms with van der Waals surface area (Å²) in [7, 11) is 0. The van der Waals surface area contributed by atoms with E-state index in [9.17, 15) is 0 Å². The van der Waals surface area contributed by atoms with Gasteiger partial charge in [0.1, 0.15) is 0 Å². The summed E-state index contributed by atoms with van der Waals surface area (Å²) < 4.78 is 0. The molecule has 0 unspecified atom stereocenters. The number of rotatable bonds is 1. The summed E-state index contributed by atoms with van der Waals surface area (Å²) in [6.07, 6.45) is -0.875. The van der Waals surface area contributed by atoms with Crippen molar-refractivity contribution in [1.82, 2.24) is 0 Å². The predicted octanol–water partition coefficient (Wildman–Crippen LogP) is 0.654. The second kappa shape index (κ2) is 3.00. The van der Waals surface area contributed by atoms with Gasteiger partial charge in [-0.1, -0.05) is 15.9 Å². The van der Waals surface area contributed by atoms with E-state index < -0.39 is 6.10 Å². The SMILES string of the molecule is C[C@H](Br)[C@H](O)C#N. The van der Waals surface area contributed by atoms with Crippen LogP contribution in [0, 0.1) is 11.3 Å². The highest BCUT2D eigenvalue weighted by Gasteiger charge is 2.06. The van der Waals surface area contributed by atoms with Crippen molar-refractivity contribution in [2.24, 2.45) is 0 Å². The highest BCUT2D eigenvalue weighted by Crippen LogP contribution is 2.01. The maximum atomic E-state index is 8.53. The Morgan fingerprint density at radius 1 is 1.86 bits per heavy atom. The van der Waals surface area contributed by atoms with Crippen LogP contribution in [0.25, 0.3) is 0 Å². The molecule has 40 valence electrons. The Labute approximate surface area is 50.9 Å². The lowest BCUT2D eigenvalue weighted by Gasteiger charge is -1.99. The van der Waals surface area contributed by atoms with Gasteiger partial charge in [-0.2, -0.15) is 5.26 Å². The van der Waals surface area contributed by atoms with Crippen LogP contribution < -0.4 is 0 Å². The van der Waals surface area contributed by atoms with Crippen molar-refractivity contribution in [3.63, 3.8) is 0 Å². The molecule has 3 heteroatoms. The molecule has 0 bridgehead atoms. The van der Waals surface area contributed by atoms with Gasteiger partial charge in [0, 0.05) is 0 Å². The third-order valence-corrected chi connectivity index (χ3v) is 1.07. The molecule has 0 saturated heterocycles. The summed E-state index contributed by atoms with van der Waals surface area (Å²) in [5.74, 6) is 0. The molecular formula is C4H6BrNO. The topological polar surface area (TPSA) is 44.0 Å². The molecule has 2 nitrogen and oxygen atoms in total. The lowest BCUT2D eigenvalue weighted by molar-refractivity contribution is 0.233. The number of nitriles is 1. The monoisotopic (exact) mass is 163 g/mol. The number of aliphatic hydroxyl groups is 1. The second-order valence-corrected chi connectivity index (χ2v) is 2.70. The Morgan fingerprint density at radius 2 is 2.29 bits per heavy atom. The largest absolute Gasteiger partial charge is 0.377 e. The fourth-order valence-electron chi connectivity index (χ4n) is 0.103. The van der Waals surface area contributed by atoms with Gasteiger partial charge in [-0.3, -0.25) is 0 Å². The first-order valence-corrected chi connectivity index (χ1v) is 2.82. The van der Waals surface area contributed by atoms with E-state index in [-0.39, 0.29) is 4.83 Å². The zero-order chi connectivity index (χ0) is 5.86. The van der Waals surface area contributed by atoms with Crippen molar-refractivity contribution < 1.29 is 5.11 Å². The molecule has 7 heavy (non-hydrogen) atoms. The summed E-state index contributed by atoms with van der Waals surface area (Å²) >= 11 is 3.03. The van der Waals surface area contributed by atoms with Gasteiger partial charge in [-0.05, 0) is 6.92 Å². The first-order chi connectivity index (χ1) is 3.18. The van der Waals surface area contributed by atoms with Crippen molar-refractivity contribution in [2.75, 3.05) is 0 Å². The van der Waals surface area contributed by atoms with Gasteiger partial charge in [0.05, 0.1) is 10.9 Å². The summed E-state index contributed by atoms with van der Waals surface area (Å²) in [6, 6.07) is 1.67. The zero-order valence-corrected chi connectivity index (χ0v) is 5.51. The minimum absolute atomic E-state index is 0.127. The van der Waals surface area contributed by atoms with Crippen LogP contribution in [0.1, 0.15) is 6.92 Å². The molecule has 0 rings (SSSR count). The molecule has 0 fully saturated rings.